The minimum absolute atomic E-state index is 0.0636. The smallest absolute Gasteiger partial charge is 0.350 e. The number of rotatable bonds is 4. The average molecular weight is 426 g/mol. The Morgan fingerprint density at radius 3 is 2.10 bits per heavy atom. The number of para-hydroxylation sites is 1. The van der Waals surface area contributed by atoms with Gasteiger partial charge in [0.25, 0.3) is 11.8 Å². The summed E-state index contributed by atoms with van der Waals surface area (Å²) in [5.41, 5.74) is -0.615. The van der Waals surface area contributed by atoms with E-state index in [1.165, 1.54) is 18.2 Å². The fourth-order valence-electron chi connectivity index (χ4n) is 3.25. The zero-order valence-electron chi connectivity index (χ0n) is 15.8. The van der Waals surface area contributed by atoms with Crippen molar-refractivity contribution >= 4 is 28.8 Å². The van der Waals surface area contributed by atoms with Crippen LogP contribution in [-0.4, -0.2) is 11.8 Å². The van der Waals surface area contributed by atoms with Crippen LogP contribution in [0.4, 0.5) is 28.9 Å². The van der Waals surface area contributed by atoms with Crippen LogP contribution in [0.1, 0.15) is 11.1 Å². The van der Waals surface area contributed by atoms with Gasteiger partial charge < -0.3 is 5.32 Å². The molecule has 3 aromatic rings. The largest absolute Gasteiger partial charge is 0.416 e. The minimum atomic E-state index is -4.64. The summed E-state index contributed by atoms with van der Waals surface area (Å²) in [5.74, 6) is -2.16. The first-order chi connectivity index (χ1) is 14.8. The van der Waals surface area contributed by atoms with Gasteiger partial charge in [-0.1, -0.05) is 36.4 Å². The number of alkyl halides is 3. The number of nitrogens with one attached hydrogen (secondary N) is 1. The first kappa shape index (κ1) is 20.3. The number of halogens is 4. The van der Waals surface area contributed by atoms with E-state index in [9.17, 15) is 27.2 Å². The maximum absolute atomic E-state index is 13.4. The molecule has 0 fully saturated rings. The Hall–Kier alpha value is -3.94. The molecule has 0 aromatic heterocycles. The first-order valence-corrected chi connectivity index (χ1v) is 9.14. The zero-order valence-corrected chi connectivity index (χ0v) is 15.8. The quantitative estimate of drug-likeness (QED) is 0.459. The zero-order chi connectivity index (χ0) is 22.2. The van der Waals surface area contributed by atoms with Gasteiger partial charge in [0.2, 0.25) is 0 Å². The highest BCUT2D eigenvalue weighted by Gasteiger charge is 2.41. The minimum Gasteiger partial charge on any atom is -0.350 e. The fourth-order valence-corrected chi connectivity index (χ4v) is 3.25. The number of carbonyl (C=O) groups excluding carboxylic acids is 2. The lowest BCUT2D eigenvalue weighted by Crippen LogP contribution is -2.32. The van der Waals surface area contributed by atoms with E-state index in [4.69, 9.17) is 0 Å². The molecule has 0 saturated heterocycles. The van der Waals surface area contributed by atoms with Crippen LogP contribution in [0.5, 0.6) is 0 Å². The SMILES string of the molecule is O=C1C(Nc2ccccc2)=C(c2ccc(F)cc2)C(=O)N1c1cccc(C(F)(F)F)c1. The molecule has 8 heteroatoms. The second-order valence-electron chi connectivity index (χ2n) is 6.74. The summed E-state index contributed by atoms with van der Waals surface area (Å²) in [5, 5.41) is 2.88. The van der Waals surface area contributed by atoms with E-state index >= 15 is 0 Å². The molecule has 1 N–H and O–H groups in total. The molecule has 1 aliphatic heterocycles. The van der Waals surface area contributed by atoms with Gasteiger partial charge in [-0.2, -0.15) is 13.2 Å². The van der Waals surface area contributed by atoms with Crippen molar-refractivity contribution < 1.29 is 27.2 Å². The van der Waals surface area contributed by atoms with E-state index in [-0.39, 0.29) is 22.5 Å². The Morgan fingerprint density at radius 2 is 1.45 bits per heavy atom. The van der Waals surface area contributed by atoms with Crippen molar-refractivity contribution in [3.8, 4) is 0 Å². The average Bonchev–Trinajstić information content (AvgIpc) is 2.98. The summed E-state index contributed by atoms with van der Waals surface area (Å²) in [4.78, 5) is 27.0. The van der Waals surface area contributed by atoms with Crippen molar-refractivity contribution in [1.29, 1.82) is 0 Å². The van der Waals surface area contributed by atoms with E-state index in [2.05, 4.69) is 5.32 Å². The van der Waals surface area contributed by atoms with Crippen LogP contribution in [0.25, 0.3) is 5.57 Å². The lowest BCUT2D eigenvalue weighted by molar-refractivity contribution is -0.137. The van der Waals surface area contributed by atoms with Crippen molar-refractivity contribution in [3.05, 3.63) is 102 Å². The Morgan fingerprint density at radius 1 is 0.774 bits per heavy atom. The number of benzene rings is 3. The van der Waals surface area contributed by atoms with Crippen LogP contribution in [0.2, 0.25) is 0 Å². The Balaban J connectivity index is 1.81. The van der Waals surface area contributed by atoms with E-state index < -0.39 is 29.4 Å². The summed E-state index contributed by atoms with van der Waals surface area (Å²) in [6.07, 6.45) is -4.64. The standard InChI is InChI=1S/C23H14F4N2O2/c24-16-11-9-14(10-12-16)19-20(28-17-6-2-1-3-7-17)22(31)29(21(19)30)18-8-4-5-15(13-18)23(25,26)27/h1-13,28H. The monoisotopic (exact) mass is 426 g/mol. The van der Waals surface area contributed by atoms with Crippen molar-refractivity contribution in [1.82, 2.24) is 0 Å². The van der Waals surface area contributed by atoms with Gasteiger partial charge in [-0.25, -0.2) is 9.29 Å². The first-order valence-electron chi connectivity index (χ1n) is 9.14. The lowest BCUT2D eigenvalue weighted by atomic mass is 10.0. The Bertz CT molecular complexity index is 1190. The van der Waals surface area contributed by atoms with Gasteiger partial charge in [0.15, 0.2) is 0 Å². The summed E-state index contributed by atoms with van der Waals surface area (Å²) in [7, 11) is 0. The normalized spacial score (nSPS) is 14.4. The third-order valence-electron chi connectivity index (χ3n) is 4.69. The number of carbonyl (C=O) groups is 2. The highest BCUT2D eigenvalue weighted by Crippen LogP contribution is 2.36. The third-order valence-corrected chi connectivity index (χ3v) is 4.69. The van der Waals surface area contributed by atoms with Gasteiger partial charge in [0.05, 0.1) is 16.8 Å². The molecule has 0 unspecified atom stereocenters. The van der Waals surface area contributed by atoms with Crippen molar-refractivity contribution in [3.63, 3.8) is 0 Å². The second kappa shape index (κ2) is 7.71. The van der Waals surface area contributed by atoms with Gasteiger partial charge in [-0.3, -0.25) is 9.59 Å². The van der Waals surface area contributed by atoms with E-state index in [0.717, 1.165) is 30.3 Å². The number of amides is 2. The van der Waals surface area contributed by atoms with Crippen LogP contribution in [-0.2, 0) is 15.8 Å². The van der Waals surface area contributed by atoms with Crippen molar-refractivity contribution in [2.24, 2.45) is 0 Å². The summed E-state index contributed by atoms with van der Waals surface area (Å²) >= 11 is 0. The molecule has 0 atom stereocenters. The Kier molecular flexibility index (Phi) is 5.06. The maximum atomic E-state index is 13.4. The van der Waals surface area contributed by atoms with Crippen LogP contribution < -0.4 is 10.2 Å². The van der Waals surface area contributed by atoms with Crippen LogP contribution >= 0.6 is 0 Å². The molecular weight excluding hydrogens is 412 g/mol. The molecule has 4 rings (SSSR count). The molecule has 0 radical (unpaired) electrons. The molecule has 2 amide bonds. The maximum Gasteiger partial charge on any atom is 0.416 e. The Labute approximate surface area is 174 Å². The molecule has 4 nitrogen and oxygen atoms in total. The molecule has 1 aliphatic rings. The van der Waals surface area contributed by atoms with Crippen LogP contribution in [0, 0.1) is 5.82 Å². The highest BCUT2D eigenvalue weighted by molar-refractivity contribution is 6.46. The van der Waals surface area contributed by atoms with Gasteiger partial charge in [-0.05, 0) is 48.0 Å². The molecule has 156 valence electrons. The molecule has 0 spiro atoms. The van der Waals surface area contributed by atoms with Crippen molar-refractivity contribution in [2.45, 2.75) is 6.18 Å². The number of hydrogen-bond donors (Lipinski definition) is 1. The topological polar surface area (TPSA) is 49.4 Å². The van der Waals surface area contributed by atoms with Crippen LogP contribution in [0.3, 0.4) is 0 Å². The number of imide groups is 1. The highest BCUT2D eigenvalue weighted by atomic mass is 19.4. The third kappa shape index (κ3) is 3.92. The van der Waals surface area contributed by atoms with E-state index in [0.29, 0.717) is 10.6 Å². The van der Waals surface area contributed by atoms with E-state index in [1.54, 1.807) is 30.3 Å². The molecule has 3 aromatic carbocycles. The van der Waals surface area contributed by atoms with Crippen molar-refractivity contribution in [2.75, 3.05) is 10.2 Å². The number of nitrogens with zero attached hydrogens (tertiary/aromatic N) is 1. The van der Waals surface area contributed by atoms with Gasteiger partial charge in [-0.15, -0.1) is 0 Å². The molecule has 0 aliphatic carbocycles. The number of hydrogen-bond acceptors (Lipinski definition) is 3. The predicted molar refractivity (Wildman–Crippen MR) is 107 cm³/mol. The van der Waals surface area contributed by atoms with Gasteiger partial charge in [0, 0.05) is 5.69 Å². The van der Waals surface area contributed by atoms with Gasteiger partial charge in [0.1, 0.15) is 11.5 Å². The lowest BCUT2D eigenvalue weighted by Gasteiger charge is -2.17. The van der Waals surface area contributed by atoms with Crippen LogP contribution in [0.15, 0.2) is 84.6 Å². The number of anilines is 2. The molecule has 0 saturated carbocycles. The molecule has 1 heterocycles. The fraction of sp³-hybridized carbons (Fsp3) is 0.0435. The predicted octanol–water partition coefficient (Wildman–Crippen LogP) is 5.24. The van der Waals surface area contributed by atoms with Gasteiger partial charge >= 0.3 is 6.18 Å². The summed E-state index contributed by atoms with van der Waals surface area (Å²) < 4.78 is 52.8. The molecule has 31 heavy (non-hydrogen) atoms. The summed E-state index contributed by atoms with van der Waals surface area (Å²) in [6.45, 7) is 0. The molecular formula is C23H14F4N2O2. The molecule has 0 bridgehead atoms. The van der Waals surface area contributed by atoms with E-state index in [1.807, 2.05) is 0 Å². The second-order valence-corrected chi connectivity index (χ2v) is 6.74. The summed E-state index contributed by atoms with van der Waals surface area (Å²) in [6, 6.07) is 17.4.